The minimum Gasteiger partial charge on any atom is -0.392 e. The Balaban J connectivity index is 1.74. The highest BCUT2D eigenvalue weighted by atomic mass is 16.3. The summed E-state index contributed by atoms with van der Waals surface area (Å²) in [5.41, 5.74) is 3.06. The first-order valence-corrected chi connectivity index (χ1v) is 6.67. The van der Waals surface area contributed by atoms with Crippen LogP contribution in [0.15, 0.2) is 48.8 Å². The van der Waals surface area contributed by atoms with Crippen molar-refractivity contribution in [2.24, 2.45) is 0 Å². The Morgan fingerprint density at radius 1 is 1.24 bits per heavy atom. The van der Waals surface area contributed by atoms with E-state index >= 15 is 0 Å². The van der Waals surface area contributed by atoms with Crippen molar-refractivity contribution in [1.29, 1.82) is 0 Å². The molecule has 3 aromatic rings. The first kappa shape index (κ1) is 13.3. The summed E-state index contributed by atoms with van der Waals surface area (Å²) >= 11 is 0. The van der Waals surface area contributed by atoms with E-state index in [0.717, 1.165) is 16.5 Å². The normalized spacial score (nSPS) is 10.7. The SMILES string of the molecule is O=C(NCc1cccc(CO)c1)c1c[nH]c2ncccc12. The number of rotatable bonds is 4. The molecule has 106 valence electrons. The molecule has 3 rings (SSSR count). The van der Waals surface area contributed by atoms with Crippen molar-refractivity contribution in [3.05, 3.63) is 65.5 Å². The van der Waals surface area contributed by atoms with Crippen LogP contribution in [-0.2, 0) is 13.2 Å². The molecule has 0 spiro atoms. The molecule has 3 N–H and O–H groups in total. The number of benzene rings is 1. The zero-order valence-electron chi connectivity index (χ0n) is 11.3. The van der Waals surface area contributed by atoms with E-state index in [1.807, 2.05) is 30.3 Å². The van der Waals surface area contributed by atoms with E-state index in [0.29, 0.717) is 17.8 Å². The summed E-state index contributed by atoms with van der Waals surface area (Å²) < 4.78 is 0. The summed E-state index contributed by atoms with van der Waals surface area (Å²) in [7, 11) is 0. The average molecular weight is 281 g/mol. The summed E-state index contributed by atoms with van der Waals surface area (Å²) in [4.78, 5) is 19.4. The van der Waals surface area contributed by atoms with E-state index in [1.54, 1.807) is 18.5 Å². The number of aromatic amines is 1. The smallest absolute Gasteiger partial charge is 0.253 e. The maximum absolute atomic E-state index is 12.2. The van der Waals surface area contributed by atoms with Gasteiger partial charge in [0.2, 0.25) is 0 Å². The van der Waals surface area contributed by atoms with Crippen molar-refractivity contribution in [3.8, 4) is 0 Å². The Kier molecular flexibility index (Phi) is 3.66. The fraction of sp³-hybridized carbons (Fsp3) is 0.125. The highest BCUT2D eigenvalue weighted by Crippen LogP contribution is 2.15. The number of amides is 1. The van der Waals surface area contributed by atoms with Gasteiger partial charge in [0.25, 0.3) is 5.91 Å². The summed E-state index contributed by atoms with van der Waals surface area (Å²) in [5, 5.41) is 12.8. The molecule has 0 saturated carbocycles. The van der Waals surface area contributed by atoms with Gasteiger partial charge in [0.1, 0.15) is 5.65 Å². The van der Waals surface area contributed by atoms with E-state index in [2.05, 4.69) is 15.3 Å². The molecule has 5 heteroatoms. The maximum atomic E-state index is 12.2. The van der Waals surface area contributed by atoms with Gasteiger partial charge in [-0.1, -0.05) is 24.3 Å². The number of aliphatic hydroxyl groups is 1. The van der Waals surface area contributed by atoms with Gasteiger partial charge in [-0.05, 0) is 23.3 Å². The van der Waals surface area contributed by atoms with Crippen LogP contribution in [-0.4, -0.2) is 21.0 Å². The van der Waals surface area contributed by atoms with E-state index in [1.165, 1.54) is 0 Å². The number of hydrogen-bond donors (Lipinski definition) is 3. The van der Waals surface area contributed by atoms with Gasteiger partial charge in [0.05, 0.1) is 12.2 Å². The number of pyridine rings is 1. The Morgan fingerprint density at radius 2 is 2.10 bits per heavy atom. The molecular weight excluding hydrogens is 266 g/mol. The summed E-state index contributed by atoms with van der Waals surface area (Å²) in [6.45, 7) is 0.412. The lowest BCUT2D eigenvalue weighted by molar-refractivity contribution is 0.0952. The van der Waals surface area contributed by atoms with Crippen molar-refractivity contribution in [2.45, 2.75) is 13.2 Å². The van der Waals surface area contributed by atoms with E-state index in [9.17, 15) is 4.79 Å². The predicted octanol–water partition coefficient (Wildman–Crippen LogP) is 1.99. The second-order valence-corrected chi connectivity index (χ2v) is 4.76. The van der Waals surface area contributed by atoms with Gasteiger partial charge < -0.3 is 15.4 Å². The van der Waals surface area contributed by atoms with Gasteiger partial charge >= 0.3 is 0 Å². The molecule has 0 aliphatic carbocycles. The fourth-order valence-corrected chi connectivity index (χ4v) is 2.26. The lowest BCUT2D eigenvalue weighted by Gasteiger charge is -2.06. The number of H-pyrrole nitrogens is 1. The molecule has 2 heterocycles. The Labute approximate surface area is 121 Å². The van der Waals surface area contributed by atoms with Crippen LogP contribution >= 0.6 is 0 Å². The number of carbonyl (C=O) groups excluding carboxylic acids is 1. The lowest BCUT2D eigenvalue weighted by atomic mass is 10.1. The highest BCUT2D eigenvalue weighted by Gasteiger charge is 2.11. The van der Waals surface area contributed by atoms with Crippen LogP contribution in [0.4, 0.5) is 0 Å². The third-order valence-electron chi connectivity index (χ3n) is 3.32. The van der Waals surface area contributed by atoms with Gasteiger partial charge in [-0.3, -0.25) is 4.79 Å². The van der Waals surface area contributed by atoms with Crippen molar-refractivity contribution >= 4 is 16.9 Å². The van der Waals surface area contributed by atoms with Crippen LogP contribution in [0.5, 0.6) is 0 Å². The monoisotopic (exact) mass is 281 g/mol. The molecule has 0 atom stereocenters. The van der Waals surface area contributed by atoms with Crippen LogP contribution < -0.4 is 5.32 Å². The molecule has 0 aliphatic heterocycles. The molecule has 0 radical (unpaired) electrons. The molecule has 1 amide bonds. The molecule has 2 aromatic heterocycles. The van der Waals surface area contributed by atoms with Gasteiger partial charge in [0.15, 0.2) is 0 Å². The van der Waals surface area contributed by atoms with Crippen molar-refractivity contribution in [1.82, 2.24) is 15.3 Å². The van der Waals surface area contributed by atoms with Crippen molar-refractivity contribution < 1.29 is 9.90 Å². The molecule has 1 aromatic carbocycles. The van der Waals surface area contributed by atoms with Gasteiger partial charge in [0, 0.05) is 24.3 Å². The maximum Gasteiger partial charge on any atom is 0.253 e. The minimum atomic E-state index is -0.149. The van der Waals surface area contributed by atoms with Crippen molar-refractivity contribution in [3.63, 3.8) is 0 Å². The molecule has 0 bridgehead atoms. The quantitative estimate of drug-likeness (QED) is 0.684. The Hall–Kier alpha value is -2.66. The minimum absolute atomic E-state index is 0.00406. The molecule has 0 unspecified atom stereocenters. The zero-order chi connectivity index (χ0) is 14.7. The fourth-order valence-electron chi connectivity index (χ4n) is 2.26. The average Bonchev–Trinajstić information content (AvgIpc) is 2.97. The van der Waals surface area contributed by atoms with E-state index < -0.39 is 0 Å². The summed E-state index contributed by atoms with van der Waals surface area (Å²) in [5.74, 6) is -0.149. The van der Waals surface area contributed by atoms with Crippen LogP contribution in [0.2, 0.25) is 0 Å². The standard InChI is InChI=1S/C16H15N3O2/c20-10-12-4-1-3-11(7-12)8-19-16(21)14-9-18-15-13(14)5-2-6-17-15/h1-7,9,20H,8,10H2,(H,17,18)(H,19,21). The predicted molar refractivity (Wildman–Crippen MR) is 79.6 cm³/mol. The van der Waals surface area contributed by atoms with E-state index in [4.69, 9.17) is 5.11 Å². The zero-order valence-corrected chi connectivity index (χ0v) is 11.3. The summed E-state index contributed by atoms with van der Waals surface area (Å²) in [6, 6.07) is 11.2. The third kappa shape index (κ3) is 2.78. The third-order valence-corrected chi connectivity index (χ3v) is 3.32. The second kappa shape index (κ2) is 5.76. The molecular formula is C16H15N3O2. The van der Waals surface area contributed by atoms with Crippen molar-refractivity contribution in [2.75, 3.05) is 0 Å². The number of hydrogen-bond acceptors (Lipinski definition) is 3. The van der Waals surface area contributed by atoms with Crippen LogP contribution in [0.3, 0.4) is 0 Å². The highest BCUT2D eigenvalue weighted by molar-refractivity contribution is 6.05. The second-order valence-electron chi connectivity index (χ2n) is 4.76. The number of aliphatic hydroxyl groups excluding tert-OH is 1. The Morgan fingerprint density at radius 3 is 2.95 bits per heavy atom. The number of aromatic nitrogens is 2. The van der Waals surface area contributed by atoms with Gasteiger partial charge in [-0.15, -0.1) is 0 Å². The molecule has 5 nitrogen and oxygen atoms in total. The Bertz CT molecular complexity index is 780. The number of nitrogens with one attached hydrogen (secondary N) is 2. The first-order chi connectivity index (χ1) is 10.3. The largest absolute Gasteiger partial charge is 0.392 e. The van der Waals surface area contributed by atoms with Gasteiger partial charge in [-0.25, -0.2) is 4.98 Å². The number of fused-ring (bicyclic) bond motifs is 1. The van der Waals surface area contributed by atoms with Crippen LogP contribution in [0.25, 0.3) is 11.0 Å². The number of nitrogens with zero attached hydrogens (tertiary/aromatic N) is 1. The summed E-state index contributed by atoms with van der Waals surface area (Å²) in [6.07, 6.45) is 3.35. The molecule has 0 aliphatic rings. The van der Waals surface area contributed by atoms with Crippen LogP contribution in [0, 0.1) is 0 Å². The number of carbonyl (C=O) groups is 1. The molecule has 21 heavy (non-hydrogen) atoms. The van der Waals surface area contributed by atoms with Gasteiger partial charge in [-0.2, -0.15) is 0 Å². The van der Waals surface area contributed by atoms with Crippen LogP contribution in [0.1, 0.15) is 21.5 Å². The first-order valence-electron chi connectivity index (χ1n) is 6.67. The molecule has 0 fully saturated rings. The topological polar surface area (TPSA) is 78.0 Å². The van der Waals surface area contributed by atoms with E-state index in [-0.39, 0.29) is 12.5 Å². The lowest BCUT2D eigenvalue weighted by Crippen LogP contribution is -2.22. The molecule has 0 saturated heterocycles.